The molecule has 0 aliphatic heterocycles. The largest absolute Gasteiger partial charge is 0.337 e. The molecule has 2 heteroatoms. The molecule has 2 nitrogen and oxygen atoms in total. The first-order chi connectivity index (χ1) is 13.8. The molecule has 0 radical (unpaired) electrons. The lowest BCUT2D eigenvalue weighted by atomic mass is 9.99. The fourth-order valence-corrected chi connectivity index (χ4v) is 3.75. The Labute approximate surface area is 164 Å². The number of hydrogen-bond donors (Lipinski definition) is 1. The molecule has 1 N–H and O–H groups in total. The second-order valence-corrected chi connectivity index (χ2v) is 7.07. The number of aryl methyl sites for hydroxylation is 1. The molecular weight excluding hydrogens is 340 g/mol. The van der Waals surface area contributed by atoms with Crippen LogP contribution in [0.15, 0.2) is 97.1 Å². The van der Waals surface area contributed by atoms with E-state index in [1.807, 2.05) is 6.07 Å². The van der Waals surface area contributed by atoms with Crippen molar-refractivity contribution in [2.75, 3.05) is 0 Å². The summed E-state index contributed by atoms with van der Waals surface area (Å²) in [4.78, 5) is 8.64. The van der Waals surface area contributed by atoms with E-state index in [1.54, 1.807) is 0 Å². The van der Waals surface area contributed by atoms with Gasteiger partial charge in [0.25, 0.3) is 0 Å². The summed E-state index contributed by atoms with van der Waals surface area (Å²) in [5.74, 6) is 0.894. The van der Waals surface area contributed by atoms with Crippen LogP contribution in [-0.4, -0.2) is 9.97 Å². The fourth-order valence-electron chi connectivity index (χ4n) is 3.75. The minimum absolute atomic E-state index is 0.894. The minimum atomic E-state index is 0.894. The first kappa shape index (κ1) is 16.5. The summed E-state index contributed by atoms with van der Waals surface area (Å²) in [6, 6.07) is 33.8. The first-order valence-electron chi connectivity index (χ1n) is 9.50. The highest BCUT2D eigenvalue weighted by Crippen LogP contribution is 2.36. The van der Waals surface area contributed by atoms with Crippen LogP contribution in [0.1, 0.15) is 5.56 Å². The van der Waals surface area contributed by atoms with E-state index in [0.717, 1.165) is 28.3 Å². The molecule has 28 heavy (non-hydrogen) atoms. The molecule has 0 atom stereocenters. The zero-order chi connectivity index (χ0) is 18.9. The average molecular weight is 360 g/mol. The average Bonchev–Trinajstić information content (AvgIpc) is 3.19. The molecule has 134 valence electrons. The third-order valence-corrected chi connectivity index (χ3v) is 5.10. The molecule has 4 aromatic carbocycles. The van der Waals surface area contributed by atoms with E-state index in [-0.39, 0.29) is 0 Å². The predicted molar refractivity (Wildman–Crippen MR) is 117 cm³/mol. The summed E-state index contributed by atoms with van der Waals surface area (Å²) in [5.41, 5.74) is 6.64. The van der Waals surface area contributed by atoms with Gasteiger partial charge in [-0.05, 0) is 23.8 Å². The lowest BCUT2D eigenvalue weighted by molar-refractivity contribution is 1.30. The molecule has 5 rings (SSSR count). The van der Waals surface area contributed by atoms with Gasteiger partial charge in [-0.25, -0.2) is 4.98 Å². The number of hydrogen-bond acceptors (Lipinski definition) is 1. The van der Waals surface area contributed by atoms with E-state index in [9.17, 15) is 0 Å². The van der Waals surface area contributed by atoms with E-state index < -0.39 is 0 Å². The van der Waals surface area contributed by atoms with Crippen molar-refractivity contribution in [1.82, 2.24) is 9.97 Å². The molecule has 5 aromatic rings. The lowest BCUT2D eigenvalue weighted by Crippen LogP contribution is -1.85. The monoisotopic (exact) mass is 360 g/mol. The number of benzene rings is 4. The number of rotatable bonds is 3. The molecule has 0 unspecified atom stereocenters. The van der Waals surface area contributed by atoms with Crippen LogP contribution in [0, 0.1) is 6.92 Å². The van der Waals surface area contributed by atoms with Gasteiger partial charge in [-0.1, -0.05) is 96.6 Å². The number of nitrogens with one attached hydrogen (secondary N) is 1. The standard InChI is InChI=1S/C26H20N2/c1-18-9-7-14-21(17-18)26-27-24(20-11-3-2-4-12-20)25(28-26)23-16-8-13-19-10-5-6-15-22(19)23/h2-17H,1H3,(H,27,28). The zero-order valence-corrected chi connectivity index (χ0v) is 15.7. The molecule has 0 saturated carbocycles. The number of aromatic amines is 1. The maximum absolute atomic E-state index is 5.02. The summed E-state index contributed by atoms with van der Waals surface area (Å²) < 4.78 is 0. The van der Waals surface area contributed by atoms with Crippen molar-refractivity contribution in [3.63, 3.8) is 0 Å². The third kappa shape index (κ3) is 2.89. The molecule has 0 saturated heterocycles. The van der Waals surface area contributed by atoms with E-state index in [2.05, 4.69) is 103 Å². The summed E-state index contributed by atoms with van der Waals surface area (Å²) in [7, 11) is 0. The van der Waals surface area contributed by atoms with Crippen LogP contribution >= 0.6 is 0 Å². The Hall–Kier alpha value is -3.65. The van der Waals surface area contributed by atoms with Crippen LogP contribution in [0.4, 0.5) is 0 Å². The van der Waals surface area contributed by atoms with Crippen molar-refractivity contribution in [2.45, 2.75) is 6.92 Å². The Morgan fingerprint density at radius 1 is 0.679 bits per heavy atom. The van der Waals surface area contributed by atoms with Crippen molar-refractivity contribution >= 4 is 10.8 Å². The molecule has 0 fully saturated rings. The normalized spacial score (nSPS) is 11.0. The van der Waals surface area contributed by atoms with Gasteiger partial charge in [0, 0.05) is 16.7 Å². The topological polar surface area (TPSA) is 28.7 Å². The second kappa shape index (κ2) is 6.82. The van der Waals surface area contributed by atoms with Crippen LogP contribution in [-0.2, 0) is 0 Å². The molecule has 0 aliphatic carbocycles. The summed E-state index contributed by atoms with van der Waals surface area (Å²) in [5, 5.41) is 2.45. The summed E-state index contributed by atoms with van der Waals surface area (Å²) >= 11 is 0. The van der Waals surface area contributed by atoms with Crippen LogP contribution < -0.4 is 0 Å². The number of H-pyrrole nitrogens is 1. The highest BCUT2D eigenvalue weighted by molar-refractivity contribution is 5.99. The van der Waals surface area contributed by atoms with Gasteiger partial charge in [-0.15, -0.1) is 0 Å². The van der Waals surface area contributed by atoms with Crippen molar-refractivity contribution in [1.29, 1.82) is 0 Å². The van der Waals surface area contributed by atoms with Crippen molar-refractivity contribution < 1.29 is 0 Å². The summed E-state index contributed by atoms with van der Waals surface area (Å²) in [6.45, 7) is 2.11. The molecular formula is C26H20N2. The summed E-state index contributed by atoms with van der Waals surface area (Å²) in [6.07, 6.45) is 0. The lowest BCUT2D eigenvalue weighted by Gasteiger charge is -2.07. The van der Waals surface area contributed by atoms with Crippen LogP contribution in [0.5, 0.6) is 0 Å². The van der Waals surface area contributed by atoms with Gasteiger partial charge in [0.15, 0.2) is 0 Å². The Balaban J connectivity index is 1.79. The highest BCUT2D eigenvalue weighted by atomic mass is 14.9. The number of nitrogens with zero attached hydrogens (tertiary/aromatic N) is 1. The van der Waals surface area contributed by atoms with E-state index in [4.69, 9.17) is 4.98 Å². The Morgan fingerprint density at radius 3 is 2.25 bits per heavy atom. The number of aromatic nitrogens is 2. The van der Waals surface area contributed by atoms with Crippen molar-refractivity contribution in [3.8, 4) is 33.9 Å². The molecule has 1 heterocycles. The van der Waals surface area contributed by atoms with E-state index in [0.29, 0.717) is 0 Å². The second-order valence-electron chi connectivity index (χ2n) is 7.07. The molecule has 0 bridgehead atoms. The molecule has 0 aliphatic rings. The molecule has 1 aromatic heterocycles. The van der Waals surface area contributed by atoms with Crippen LogP contribution in [0.25, 0.3) is 44.7 Å². The van der Waals surface area contributed by atoms with Gasteiger partial charge in [-0.2, -0.15) is 0 Å². The number of imidazole rings is 1. The van der Waals surface area contributed by atoms with Gasteiger partial charge in [0.1, 0.15) is 5.82 Å². The Kier molecular flexibility index (Phi) is 4.02. The zero-order valence-electron chi connectivity index (χ0n) is 15.7. The van der Waals surface area contributed by atoms with Crippen LogP contribution in [0.3, 0.4) is 0 Å². The Bertz CT molecular complexity index is 1260. The quantitative estimate of drug-likeness (QED) is 0.373. The van der Waals surface area contributed by atoms with Gasteiger partial charge in [-0.3, -0.25) is 0 Å². The van der Waals surface area contributed by atoms with E-state index >= 15 is 0 Å². The number of fused-ring (bicyclic) bond motifs is 1. The minimum Gasteiger partial charge on any atom is -0.337 e. The highest BCUT2D eigenvalue weighted by Gasteiger charge is 2.16. The van der Waals surface area contributed by atoms with Crippen LogP contribution in [0.2, 0.25) is 0 Å². The predicted octanol–water partition coefficient (Wildman–Crippen LogP) is 6.87. The van der Waals surface area contributed by atoms with Gasteiger partial charge >= 0.3 is 0 Å². The molecule has 0 amide bonds. The van der Waals surface area contributed by atoms with Gasteiger partial charge in [0.05, 0.1) is 11.4 Å². The van der Waals surface area contributed by atoms with Crippen molar-refractivity contribution in [2.24, 2.45) is 0 Å². The smallest absolute Gasteiger partial charge is 0.138 e. The first-order valence-corrected chi connectivity index (χ1v) is 9.50. The molecule has 0 spiro atoms. The third-order valence-electron chi connectivity index (χ3n) is 5.10. The SMILES string of the molecule is Cc1cccc(-c2nc(-c3ccccc3)c(-c3cccc4ccccc34)[nH]2)c1. The Morgan fingerprint density at radius 2 is 1.39 bits per heavy atom. The maximum Gasteiger partial charge on any atom is 0.138 e. The maximum atomic E-state index is 5.02. The van der Waals surface area contributed by atoms with Crippen molar-refractivity contribution in [3.05, 3.63) is 103 Å². The fraction of sp³-hybridized carbons (Fsp3) is 0.0385. The van der Waals surface area contributed by atoms with Gasteiger partial charge in [0.2, 0.25) is 0 Å². The van der Waals surface area contributed by atoms with Gasteiger partial charge < -0.3 is 4.98 Å². The van der Waals surface area contributed by atoms with E-state index in [1.165, 1.54) is 21.9 Å².